The second kappa shape index (κ2) is 6.43. The number of hydrogen-bond donors (Lipinski definition) is 0. The first-order chi connectivity index (χ1) is 11.0. The van der Waals surface area contributed by atoms with Crippen molar-refractivity contribution in [2.75, 3.05) is 13.2 Å². The molecule has 0 unspecified atom stereocenters. The molecule has 0 aromatic carbocycles. The van der Waals surface area contributed by atoms with Crippen molar-refractivity contribution in [2.24, 2.45) is 0 Å². The zero-order valence-corrected chi connectivity index (χ0v) is 14.9. The summed E-state index contributed by atoms with van der Waals surface area (Å²) in [4.78, 5) is 29.9. The van der Waals surface area contributed by atoms with E-state index in [1.54, 1.807) is 41.5 Å². The van der Waals surface area contributed by atoms with Crippen LogP contribution >= 0.6 is 0 Å². The molecule has 0 radical (unpaired) electrons. The van der Waals surface area contributed by atoms with E-state index < -0.39 is 29.4 Å². The number of oxazole rings is 1. The van der Waals surface area contributed by atoms with Crippen LogP contribution in [0.3, 0.4) is 0 Å². The monoisotopic (exact) mass is 340 g/mol. The van der Waals surface area contributed by atoms with Crippen LogP contribution in [0.25, 0.3) is 0 Å². The molecule has 2 rings (SSSR count). The highest BCUT2D eigenvalue weighted by molar-refractivity contribution is 5.86. The Morgan fingerprint density at radius 2 is 2.08 bits per heavy atom. The summed E-state index contributed by atoms with van der Waals surface area (Å²) in [6.45, 7) is 11.0. The first-order valence-corrected chi connectivity index (χ1v) is 7.84. The summed E-state index contributed by atoms with van der Waals surface area (Å²) in [5.41, 5.74) is -1.47. The van der Waals surface area contributed by atoms with Crippen LogP contribution in [0.2, 0.25) is 0 Å². The largest absolute Gasteiger partial charge is 0.461 e. The molecule has 1 aliphatic heterocycles. The van der Waals surface area contributed by atoms with Gasteiger partial charge in [0, 0.05) is 0 Å². The van der Waals surface area contributed by atoms with Gasteiger partial charge in [-0.15, -0.1) is 0 Å². The summed E-state index contributed by atoms with van der Waals surface area (Å²) in [5, 5.41) is 0. The van der Waals surface area contributed by atoms with E-state index in [9.17, 15) is 9.59 Å². The van der Waals surface area contributed by atoms with Crippen LogP contribution in [-0.2, 0) is 14.2 Å². The van der Waals surface area contributed by atoms with Gasteiger partial charge in [0.15, 0.2) is 5.69 Å². The maximum absolute atomic E-state index is 12.6. The SMILES string of the molecule is CCOC(=O)c1coc([C@@H]2COC(C)(C)N2C(=O)OC(C)(C)C)n1. The minimum absolute atomic E-state index is 0.0562. The topological polar surface area (TPSA) is 91.1 Å². The Balaban J connectivity index is 2.25. The van der Waals surface area contributed by atoms with Gasteiger partial charge in [-0.2, -0.15) is 0 Å². The van der Waals surface area contributed by atoms with Gasteiger partial charge in [-0.25, -0.2) is 14.6 Å². The lowest BCUT2D eigenvalue weighted by molar-refractivity contribution is -0.0634. The normalized spacial score (nSPS) is 20.1. The van der Waals surface area contributed by atoms with Gasteiger partial charge in [0.05, 0.1) is 13.2 Å². The fraction of sp³-hybridized carbons (Fsp3) is 0.688. The number of aromatic nitrogens is 1. The number of carbonyl (C=O) groups is 2. The molecule has 1 atom stereocenters. The highest BCUT2D eigenvalue weighted by Crippen LogP contribution is 2.37. The fourth-order valence-electron chi connectivity index (χ4n) is 2.38. The third-order valence-corrected chi connectivity index (χ3v) is 3.37. The van der Waals surface area contributed by atoms with E-state index in [0.717, 1.165) is 0 Å². The Kier molecular flexibility index (Phi) is 4.89. The summed E-state index contributed by atoms with van der Waals surface area (Å²) in [6, 6.07) is -0.585. The van der Waals surface area contributed by atoms with E-state index in [-0.39, 0.29) is 24.8 Å². The standard InChI is InChI=1S/C16H24N2O6/c1-7-21-13(19)10-8-22-12(17-10)11-9-23-16(5,6)18(11)14(20)24-15(2,3)4/h8,11H,7,9H2,1-6H3/t11-/m0/s1. The number of hydrogen-bond acceptors (Lipinski definition) is 7. The zero-order valence-electron chi connectivity index (χ0n) is 14.9. The molecule has 1 saturated heterocycles. The summed E-state index contributed by atoms with van der Waals surface area (Å²) in [6.07, 6.45) is 0.678. The Morgan fingerprint density at radius 1 is 1.42 bits per heavy atom. The molecule has 0 saturated carbocycles. The van der Waals surface area contributed by atoms with E-state index in [1.165, 1.54) is 11.2 Å². The average molecular weight is 340 g/mol. The minimum Gasteiger partial charge on any atom is -0.461 e. The number of amides is 1. The van der Waals surface area contributed by atoms with Crippen molar-refractivity contribution >= 4 is 12.1 Å². The first kappa shape index (κ1) is 18.3. The third kappa shape index (κ3) is 3.87. The molecule has 24 heavy (non-hydrogen) atoms. The number of rotatable bonds is 3. The number of nitrogens with zero attached hydrogens (tertiary/aromatic N) is 2. The molecule has 1 amide bonds. The molecule has 2 heterocycles. The molecule has 1 aromatic heterocycles. The van der Waals surface area contributed by atoms with Gasteiger partial charge in [-0.3, -0.25) is 4.90 Å². The van der Waals surface area contributed by atoms with E-state index in [2.05, 4.69) is 4.98 Å². The maximum atomic E-state index is 12.6. The highest BCUT2D eigenvalue weighted by Gasteiger charge is 2.48. The molecule has 0 N–H and O–H groups in total. The number of carbonyl (C=O) groups excluding carboxylic acids is 2. The lowest BCUT2D eigenvalue weighted by Gasteiger charge is -2.34. The average Bonchev–Trinajstić information content (AvgIpc) is 3.00. The molecule has 0 spiro atoms. The quantitative estimate of drug-likeness (QED) is 0.781. The predicted octanol–water partition coefficient (Wildman–Crippen LogP) is 2.90. The minimum atomic E-state index is -0.883. The molecule has 0 bridgehead atoms. The molecular weight excluding hydrogens is 316 g/mol. The van der Waals surface area contributed by atoms with Crippen molar-refractivity contribution in [2.45, 2.75) is 58.9 Å². The number of esters is 1. The van der Waals surface area contributed by atoms with Crippen molar-refractivity contribution in [1.29, 1.82) is 0 Å². The van der Waals surface area contributed by atoms with Gasteiger partial charge in [-0.05, 0) is 41.5 Å². The van der Waals surface area contributed by atoms with Crippen LogP contribution in [0.15, 0.2) is 10.7 Å². The Bertz CT molecular complexity index is 616. The van der Waals surface area contributed by atoms with E-state index in [4.69, 9.17) is 18.6 Å². The molecule has 1 fully saturated rings. The van der Waals surface area contributed by atoms with Gasteiger partial charge >= 0.3 is 12.1 Å². The fourth-order valence-corrected chi connectivity index (χ4v) is 2.38. The highest BCUT2D eigenvalue weighted by atomic mass is 16.6. The lowest BCUT2D eigenvalue weighted by Crippen LogP contribution is -2.47. The van der Waals surface area contributed by atoms with Crippen LogP contribution in [0.5, 0.6) is 0 Å². The van der Waals surface area contributed by atoms with Gasteiger partial charge in [0.25, 0.3) is 0 Å². The molecule has 0 aliphatic carbocycles. The van der Waals surface area contributed by atoms with Gasteiger partial charge in [0.2, 0.25) is 5.89 Å². The zero-order chi connectivity index (χ0) is 18.1. The van der Waals surface area contributed by atoms with Crippen LogP contribution in [0.1, 0.15) is 64.0 Å². The first-order valence-electron chi connectivity index (χ1n) is 7.84. The van der Waals surface area contributed by atoms with E-state index >= 15 is 0 Å². The van der Waals surface area contributed by atoms with Crippen molar-refractivity contribution in [3.05, 3.63) is 17.8 Å². The van der Waals surface area contributed by atoms with Gasteiger partial charge < -0.3 is 18.6 Å². The Labute approximate surface area is 141 Å². The molecule has 8 nitrogen and oxygen atoms in total. The molecule has 8 heteroatoms. The summed E-state index contributed by atoms with van der Waals surface area (Å²) < 4.78 is 21.4. The van der Waals surface area contributed by atoms with Crippen molar-refractivity contribution in [3.63, 3.8) is 0 Å². The number of ether oxygens (including phenoxy) is 3. The molecule has 134 valence electrons. The summed E-state index contributed by atoms with van der Waals surface area (Å²) in [5.74, 6) is -0.371. The third-order valence-electron chi connectivity index (χ3n) is 3.37. The Morgan fingerprint density at radius 3 is 2.67 bits per heavy atom. The van der Waals surface area contributed by atoms with E-state index in [1.807, 2.05) is 0 Å². The molecule has 1 aliphatic rings. The predicted molar refractivity (Wildman–Crippen MR) is 83.3 cm³/mol. The van der Waals surface area contributed by atoms with Crippen LogP contribution in [-0.4, -0.2) is 46.5 Å². The van der Waals surface area contributed by atoms with Crippen LogP contribution in [0.4, 0.5) is 4.79 Å². The summed E-state index contributed by atoms with van der Waals surface area (Å²) >= 11 is 0. The maximum Gasteiger partial charge on any atom is 0.413 e. The van der Waals surface area contributed by atoms with Crippen LogP contribution in [0, 0.1) is 0 Å². The lowest BCUT2D eigenvalue weighted by atomic mass is 10.2. The van der Waals surface area contributed by atoms with Crippen LogP contribution < -0.4 is 0 Å². The van der Waals surface area contributed by atoms with E-state index in [0.29, 0.717) is 0 Å². The Hall–Kier alpha value is -2.09. The molecule has 1 aromatic rings. The van der Waals surface area contributed by atoms with Crippen molar-refractivity contribution < 1.29 is 28.2 Å². The summed E-state index contributed by atoms with van der Waals surface area (Å²) in [7, 11) is 0. The van der Waals surface area contributed by atoms with Gasteiger partial charge in [0.1, 0.15) is 23.6 Å². The van der Waals surface area contributed by atoms with Gasteiger partial charge in [-0.1, -0.05) is 0 Å². The van der Waals surface area contributed by atoms with Crippen molar-refractivity contribution in [3.8, 4) is 0 Å². The second-order valence-corrected chi connectivity index (χ2v) is 6.92. The molecular formula is C16H24N2O6. The second-order valence-electron chi connectivity index (χ2n) is 6.92. The van der Waals surface area contributed by atoms with Crippen molar-refractivity contribution in [1.82, 2.24) is 9.88 Å². The smallest absolute Gasteiger partial charge is 0.413 e.